The third kappa shape index (κ3) is 2.37. The number of benzene rings is 1. The summed E-state index contributed by atoms with van der Waals surface area (Å²) < 4.78 is 6.18. The molecule has 0 aliphatic rings. The molecular weight excluding hydrogens is 246 g/mol. The third-order valence-corrected chi connectivity index (χ3v) is 2.66. The topological polar surface area (TPSA) is 90.4 Å². The Morgan fingerprint density at radius 1 is 1.53 bits per heavy atom. The SMILES string of the molecule is CCOC(=O)c1cnn(-c2ccc(C)cc2O)c1N. The number of carbonyl (C=O) groups is 1. The van der Waals surface area contributed by atoms with Gasteiger partial charge in [0.25, 0.3) is 0 Å². The van der Waals surface area contributed by atoms with Crippen LogP contribution in [-0.4, -0.2) is 27.5 Å². The highest BCUT2D eigenvalue weighted by molar-refractivity contribution is 5.94. The number of phenolic OH excluding ortho intramolecular Hbond substituents is 1. The van der Waals surface area contributed by atoms with Crippen LogP contribution < -0.4 is 5.73 Å². The molecule has 19 heavy (non-hydrogen) atoms. The van der Waals surface area contributed by atoms with Gasteiger partial charge in [0.2, 0.25) is 0 Å². The van der Waals surface area contributed by atoms with Crippen molar-refractivity contribution in [2.75, 3.05) is 12.3 Å². The minimum Gasteiger partial charge on any atom is -0.506 e. The van der Waals surface area contributed by atoms with Gasteiger partial charge in [-0.2, -0.15) is 5.10 Å². The number of rotatable bonds is 3. The van der Waals surface area contributed by atoms with Gasteiger partial charge in [-0.25, -0.2) is 9.48 Å². The largest absolute Gasteiger partial charge is 0.506 e. The monoisotopic (exact) mass is 261 g/mol. The summed E-state index contributed by atoms with van der Waals surface area (Å²) in [6, 6.07) is 5.10. The quantitative estimate of drug-likeness (QED) is 0.820. The van der Waals surface area contributed by atoms with Crippen molar-refractivity contribution in [1.82, 2.24) is 9.78 Å². The third-order valence-electron chi connectivity index (χ3n) is 2.66. The summed E-state index contributed by atoms with van der Waals surface area (Å²) in [5.74, 6) is -0.347. The van der Waals surface area contributed by atoms with Crippen LogP contribution in [0.25, 0.3) is 5.69 Å². The number of nitrogens with zero attached hydrogens (tertiary/aromatic N) is 2. The zero-order chi connectivity index (χ0) is 14.0. The number of hydrogen-bond donors (Lipinski definition) is 2. The number of nitrogen functional groups attached to an aromatic ring is 1. The van der Waals surface area contributed by atoms with Gasteiger partial charge in [0.15, 0.2) is 0 Å². The number of aromatic nitrogens is 2. The lowest BCUT2D eigenvalue weighted by Gasteiger charge is -2.08. The van der Waals surface area contributed by atoms with Crippen molar-refractivity contribution in [2.45, 2.75) is 13.8 Å². The molecule has 0 saturated heterocycles. The Kier molecular flexibility index (Phi) is 3.41. The minimum atomic E-state index is -0.530. The van der Waals surface area contributed by atoms with Gasteiger partial charge in [-0.05, 0) is 31.5 Å². The molecule has 1 heterocycles. The summed E-state index contributed by atoms with van der Waals surface area (Å²) in [6.45, 7) is 3.84. The van der Waals surface area contributed by atoms with Crippen molar-refractivity contribution in [2.24, 2.45) is 0 Å². The number of anilines is 1. The first-order chi connectivity index (χ1) is 9.04. The van der Waals surface area contributed by atoms with E-state index in [1.54, 1.807) is 19.1 Å². The molecule has 6 nitrogen and oxygen atoms in total. The summed E-state index contributed by atoms with van der Waals surface area (Å²) in [5.41, 5.74) is 7.37. The number of carbonyl (C=O) groups excluding carboxylic acids is 1. The number of hydrogen-bond acceptors (Lipinski definition) is 5. The number of aryl methyl sites for hydroxylation is 1. The fraction of sp³-hybridized carbons (Fsp3) is 0.231. The molecule has 0 atom stereocenters. The summed E-state index contributed by atoms with van der Waals surface area (Å²) >= 11 is 0. The molecule has 100 valence electrons. The average Bonchev–Trinajstić information content (AvgIpc) is 2.72. The second kappa shape index (κ2) is 5.01. The number of ether oxygens (including phenoxy) is 1. The maximum absolute atomic E-state index is 11.6. The van der Waals surface area contributed by atoms with Crippen LogP contribution in [0.1, 0.15) is 22.8 Å². The number of phenols is 1. The van der Waals surface area contributed by atoms with Gasteiger partial charge in [-0.3, -0.25) is 0 Å². The fourth-order valence-corrected chi connectivity index (χ4v) is 1.73. The van der Waals surface area contributed by atoms with Crippen LogP contribution >= 0.6 is 0 Å². The van der Waals surface area contributed by atoms with E-state index in [4.69, 9.17) is 10.5 Å². The molecule has 2 rings (SSSR count). The minimum absolute atomic E-state index is 0.0465. The molecule has 0 amide bonds. The summed E-state index contributed by atoms with van der Waals surface area (Å²) in [7, 11) is 0. The lowest BCUT2D eigenvalue weighted by molar-refractivity contribution is 0.0527. The average molecular weight is 261 g/mol. The molecule has 0 fully saturated rings. The van der Waals surface area contributed by atoms with E-state index in [-0.39, 0.29) is 23.7 Å². The molecule has 0 unspecified atom stereocenters. The first kappa shape index (κ1) is 12.9. The van der Waals surface area contributed by atoms with Gasteiger partial charge in [0, 0.05) is 0 Å². The van der Waals surface area contributed by atoms with Gasteiger partial charge in [-0.1, -0.05) is 6.07 Å². The van der Waals surface area contributed by atoms with Crippen LogP contribution in [0, 0.1) is 6.92 Å². The van der Waals surface area contributed by atoms with Crippen molar-refractivity contribution < 1.29 is 14.6 Å². The molecule has 0 spiro atoms. The van der Waals surface area contributed by atoms with Gasteiger partial charge in [-0.15, -0.1) is 0 Å². The van der Waals surface area contributed by atoms with E-state index in [9.17, 15) is 9.90 Å². The van der Waals surface area contributed by atoms with E-state index in [0.29, 0.717) is 5.69 Å². The van der Waals surface area contributed by atoms with Crippen LogP contribution in [0.5, 0.6) is 5.75 Å². The smallest absolute Gasteiger partial charge is 0.343 e. The van der Waals surface area contributed by atoms with Crippen LogP contribution in [0.3, 0.4) is 0 Å². The Hall–Kier alpha value is -2.50. The van der Waals surface area contributed by atoms with E-state index in [0.717, 1.165) is 5.56 Å². The van der Waals surface area contributed by atoms with E-state index in [1.807, 2.05) is 13.0 Å². The number of nitrogens with two attached hydrogens (primary N) is 1. The predicted molar refractivity (Wildman–Crippen MR) is 70.3 cm³/mol. The van der Waals surface area contributed by atoms with Gasteiger partial charge >= 0.3 is 5.97 Å². The van der Waals surface area contributed by atoms with Crippen molar-refractivity contribution in [3.63, 3.8) is 0 Å². The zero-order valence-electron chi connectivity index (χ0n) is 10.8. The Bertz CT molecular complexity index is 620. The first-order valence-electron chi connectivity index (χ1n) is 5.85. The Morgan fingerprint density at radius 2 is 2.26 bits per heavy atom. The molecule has 1 aromatic carbocycles. The highest BCUT2D eigenvalue weighted by atomic mass is 16.5. The molecular formula is C13H15N3O3. The maximum Gasteiger partial charge on any atom is 0.343 e. The van der Waals surface area contributed by atoms with Crippen LogP contribution in [0.15, 0.2) is 24.4 Å². The van der Waals surface area contributed by atoms with E-state index in [2.05, 4.69) is 5.10 Å². The first-order valence-corrected chi connectivity index (χ1v) is 5.85. The second-order valence-electron chi connectivity index (χ2n) is 4.07. The Labute approximate surface area is 110 Å². The molecule has 3 N–H and O–H groups in total. The normalized spacial score (nSPS) is 10.4. The molecule has 0 saturated carbocycles. The number of esters is 1. The van der Waals surface area contributed by atoms with E-state index < -0.39 is 5.97 Å². The molecule has 0 bridgehead atoms. The maximum atomic E-state index is 11.6. The highest BCUT2D eigenvalue weighted by Crippen LogP contribution is 2.26. The second-order valence-corrected chi connectivity index (χ2v) is 4.07. The standard InChI is InChI=1S/C13H15N3O3/c1-3-19-13(18)9-7-15-16(12(9)14)10-5-4-8(2)6-11(10)17/h4-7,17H,3,14H2,1-2H3. The van der Waals surface area contributed by atoms with Crippen molar-refractivity contribution in [3.8, 4) is 11.4 Å². The molecule has 0 aliphatic heterocycles. The number of aromatic hydroxyl groups is 1. The molecule has 6 heteroatoms. The van der Waals surface area contributed by atoms with Crippen molar-refractivity contribution in [3.05, 3.63) is 35.5 Å². The predicted octanol–water partition coefficient (Wildman–Crippen LogP) is 1.65. The fourth-order valence-electron chi connectivity index (χ4n) is 1.73. The lowest BCUT2D eigenvalue weighted by atomic mass is 10.2. The van der Waals surface area contributed by atoms with Crippen LogP contribution in [0.2, 0.25) is 0 Å². The Morgan fingerprint density at radius 3 is 2.89 bits per heavy atom. The van der Waals surface area contributed by atoms with Crippen molar-refractivity contribution in [1.29, 1.82) is 0 Å². The molecule has 1 aromatic heterocycles. The van der Waals surface area contributed by atoms with Crippen molar-refractivity contribution >= 4 is 11.8 Å². The van der Waals surface area contributed by atoms with Crippen LogP contribution in [0.4, 0.5) is 5.82 Å². The highest BCUT2D eigenvalue weighted by Gasteiger charge is 2.18. The van der Waals surface area contributed by atoms with E-state index in [1.165, 1.54) is 10.9 Å². The Balaban J connectivity index is 2.44. The molecule has 0 radical (unpaired) electrons. The molecule has 2 aromatic rings. The van der Waals surface area contributed by atoms with Gasteiger partial charge in [0.05, 0.1) is 12.8 Å². The lowest BCUT2D eigenvalue weighted by Crippen LogP contribution is -2.09. The zero-order valence-corrected chi connectivity index (χ0v) is 10.8. The van der Waals surface area contributed by atoms with Gasteiger partial charge in [0.1, 0.15) is 22.8 Å². The summed E-state index contributed by atoms with van der Waals surface area (Å²) in [6.07, 6.45) is 1.33. The summed E-state index contributed by atoms with van der Waals surface area (Å²) in [4.78, 5) is 11.6. The van der Waals surface area contributed by atoms with E-state index >= 15 is 0 Å². The van der Waals surface area contributed by atoms with Gasteiger partial charge < -0.3 is 15.6 Å². The summed E-state index contributed by atoms with van der Waals surface area (Å²) in [5, 5.41) is 13.9. The van der Waals surface area contributed by atoms with Crippen LogP contribution in [-0.2, 0) is 4.74 Å². The molecule has 0 aliphatic carbocycles.